The Morgan fingerprint density at radius 2 is 2.35 bits per heavy atom. The topological polar surface area (TPSA) is 138 Å². The van der Waals surface area contributed by atoms with Crippen molar-refractivity contribution in [3.63, 3.8) is 0 Å². The zero-order valence-electron chi connectivity index (χ0n) is 19.3. The van der Waals surface area contributed by atoms with Crippen molar-refractivity contribution in [2.75, 3.05) is 5.73 Å². The SMILES string of the molecule is C=C(C)[C@@H]1CC[C@]2(C)S[P@@](=S)(O[C@H]3[C@@H](O)[C@H](n4cnc5c(=O)[nH]c(N)nc54)O[C@@H]3CC)O[C@H]2C1. The molecule has 186 valence electrons. The molecule has 5 rings (SSSR count). The number of fused-ring (bicyclic) bond motifs is 2. The lowest BCUT2D eigenvalue weighted by atomic mass is 9.77. The van der Waals surface area contributed by atoms with E-state index >= 15 is 0 Å². The largest absolute Gasteiger partial charge is 0.386 e. The van der Waals surface area contributed by atoms with Gasteiger partial charge in [0.05, 0.1) is 18.5 Å². The van der Waals surface area contributed by atoms with Crippen LogP contribution in [0.5, 0.6) is 0 Å². The number of hydrogen-bond donors (Lipinski definition) is 3. The maximum absolute atomic E-state index is 12.2. The van der Waals surface area contributed by atoms with E-state index in [1.807, 2.05) is 6.92 Å². The van der Waals surface area contributed by atoms with Crippen molar-refractivity contribution in [1.29, 1.82) is 0 Å². The quantitative estimate of drug-likeness (QED) is 0.392. The number of nitrogens with one attached hydrogen (secondary N) is 1. The average Bonchev–Trinajstić information content (AvgIpc) is 3.39. The van der Waals surface area contributed by atoms with Gasteiger partial charge >= 0.3 is 0 Å². The third-order valence-corrected chi connectivity index (χ3v) is 12.9. The van der Waals surface area contributed by atoms with Crippen molar-refractivity contribution in [2.45, 2.75) is 81.8 Å². The third kappa shape index (κ3) is 4.07. The molecular weight excluding hydrogens is 497 g/mol. The number of aromatic amines is 1. The minimum atomic E-state index is -2.74. The molecular formula is C21H30N5O5PS2. The number of imidazole rings is 1. The van der Waals surface area contributed by atoms with Gasteiger partial charge < -0.3 is 24.6 Å². The Morgan fingerprint density at radius 3 is 3.06 bits per heavy atom. The summed E-state index contributed by atoms with van der Waals surface area (Å²) >= 11 is 7.56. The van der Waals surface area contributed by atoms with Gasteiger partial charge in [0.15, 0.2) is 17.4 Å². The molecule has 3 fully saturated rings. The van der Waals surface area contributed by atoms with Crippen LogP contribution in [0.2, 0.25) is 0 Å². The summed E-state index contributed by atoms with van der Waals surface area (Å²) in [6.45, 7) is 10.3. The number of anilines is 1. The highest BCUT2D eigenvalue weighted by molar-refractivity contribution is 8.68. The number of nitrogens with zero attached hydrogens (tertiary/aromatic N) is 3. The number of nitrogens with two attached hydrogens (primary N) is 1. The maximum atomic E-state index is 12.2. The molecule has 4 heterocycles. The van der Waals surface area contributed by atoms with E-state index in [-0.39, 0.29) is 28.0 Å². The molecule has 0 aromatic carbocycles. The van der Waals surface area contributed by atoms with E-state index in [1.165, 1.54) is 16.5 Å². The summed E-state index contributed by atoms with van der Waals surface area (Å²) in [5.41, 5.74) is 4.06. The first-order valence-electron chi connectivity index (χ1n) is 11.4. The van der Waals surface area contributed by atoms with Crippen LogP contribution in [0.15, 0.2) is 23.3 Å². The molecule has 0 spiro atoms. The lowest BCUT2D eigenvalue weighted by molar-refractivity contribution is -0.0355. The Kier molecular flexibility index (Phi) is 6.24. The number of aromatic nitrogens is 4. The number of allylic oxidation sites excluding steroid dienone is 1. The third-order valence-electron chi connectivity index (χ3n) is 7.13. The van der Waals surface area contributed by atoms with Crippen LogP contribution in [0, 0.1) is 5.92 Å². The Labute approximate surface area is 206 Å². The molecule has 2 aliphatic heterocycles. The molecule has 4 N–H and O–H groups in total. The number of H-pyrrole nitrogens is 1. The van der Waals surface area contributed by atoms with Crippen LogP contribution in [-0.2, 0) is 25.6 Å². The molecule has 0 amide bonds. The zero-order valence-corrected chi connectivity index (χ0v) is 21.9. The lowest BCUT2D eigenvalue weighted by Gasteiger charge is -2.37. The average molecular weight is 528 g/mol. The first kappa shape index (κ1) is 24.4. The molecule has 8 atom stereocenters. The molecule has 34 heavy (non-hydrogen) atoms. The number of aliphatic hydroxyl groups is 1. The molecule has 0 bridgehead atoms. The Balaban J connectivity index is 1.39. The van der Waals surface area contributed by atoms with Crippen LogP contribution in [0.25, 0.3) is 11.2 Å². The fourth-order valence-electron chi connectivity index (χ4n) is 5.12. The van der Waals surface area contributed by atoms with E-state index in [1.54, 1.807) is 11.4 Å². The predicted molar refractivity (Wildman–Crippen MR) is 135 cm³/mol. The maximum Gasteiger partial charge on any atom is 0.280 e. The lowest BCUT2D eigenvalue weighted by Crippen LogP contribution is -2.39. The zero-order chi connectivity index (χ0) is 24.4. The van der Waals surface area contributed by atoms with E-state index < -0.39 is 35.8 Å². The molecule has 1 aliphatic carbocycles. The van der Waals surface area contributed by atoms with Crippen molar-refractivity contribution in [3.8, 4) is 0 Å². The smallest absolute Gasteiger partial charge is 0.280 e. The molecule has 2 aromatic heterocycles. The number of ether oxygens (including phenoxy) is 1. The molecule has 0 unspecified atom stereocenters. The molecule has 2 aromatic rings. The van der Waals surface area contributed by atoms with Crippen molar-refractivity contribution in [2.24, 2.45) is 5.92 Å². The molecule has 10 nitrogen and oxygen atoms in total. The van der Waals surface area contributed by atoms with Gasteiger partial charge in [0.25, 0.3) is 5.56 Å². The van der Waals surface area contributed by atoms with Crippen LogP contribution in [0.3, 0.4) is 0 Å². The van der Waals surface area contributed by atoms with E-state index in [4.69, 9.17) is 31.3 Å². The van der Waals surface area contributed by atoms with Crippen LogP contribution in [0.4, 0.5) is 5.95 Å². The Hall–Kier alpha value is -1.27. The molecule has 1 saturated carbocycles. The van der Waals surface area contributed by atoms with Crippen molar-refractivity contribution in [3.05, 3.63) is 28.8 Å². The van der Waals surface area contributed by atoms with Crippen LogP contribution < -0.4 is 11.3 Å². The number of aliphatic hydroxyl groups excluding tert-OH is 1. The van der Waals surface area contributed by atoms with Crippen LogP contribution >= 0.6 is 17.1 Å². The van der Waals surface area contributed by atoms with Gasteiger partial charge in [0.2, 0.25) is 11.6 Å². The minimum Gasteiger partial charge on any atom is -0.386 e. The van der Waals surface area contributed by atoms with Crippen molar-refractivity contribution < 1.29 is 18.9 Å². The van der Waals surface area contributed by atoms with Gasteiger partial charge in [-0.2, -0.15) is 4.98 Å². The van der Waals surface area contributed by atoms with Crippen molar-refractivity contribution in [1.82, 2.24) is 19.5 Å². The second kappa shape index (κ2) is 8.69. The van der Waals surface area contributed by atoms with Gasteiger partial charge in [-0.1, -0.05) is 30.5 Å². The number of nitrogen functional groups attached to an aromatic ring is 1. The summed E-state index contributed by atoms with van der Waals surface area (Å²) in [5.74, 6) is 0.382. The van der Waals surface area contributed by atoms with Crippen molar-refractivity contribution >= 4 is 46.0 Å². The normalized spacial score (nSPS) is 40.0. The highest BCUT2D eigenvalue weighted by Crippen LogP contribution is 2.76. The summed E-state index contributed by atoms with van der Waals surface area (Å²) in [4.78, 5) is 22.9. The summed E-state index contributed by atoms with van der Waals surface area (Å²) in [5, 5.41) is 11.3. The summed E-state index contributed by atoms with van der Waals surface area (Å²) in [6, 6.07) is 0. The first-order valence-corrected chi connectivity index (χ1v) is 15.5. The fraction of sp³-hybridized carbons (Fsp3) is 0.667. The Morgan fingerprint density at radius 1 is 1.59 bits per heavy atom. The second-order valence-corrected chi connectivity index (χ2v) is 16.1. The summed E-state index contributed by atoms with van der Waals surface area (Å²) in [6.07, 6.45) is 1.91. The van der Waals surface area contributed by atoms with E-state index in [0.717, 1.165) is 19.3 Å². The summed E-state index contributed by atoms with van der Waals surface area (Å²) < 4.78 is 20.4. The molecule has 2 saturated heterocycles. The van der Waals surface area contributed by atoms with Gasteiger partial charge in [-0.15, -0.1) is 0 Å². The van der Waals surface area contributed by atoms with E-state index in [9.17, 15) is 9.90 Å². The van der Waals surface area contributed by atoms with Crippen LogP contribution in [0.1, 0.15) is 52.7 Å². The Bertz CT molecular complexity index is 1240. The highest BCUT2D eigenvalue weighted by Gasteiger charge is 2.56. The van der Waals surface area contributed by atoms with Crippen LogP contribution in [-0.4, -0.2) is 53.8 Å². The monoisotopic (exact) mass is 527 g/mol. The fourth-order valence-corrected chi connectivity index (χ4v) is 12.7. The number of hydrogen-bond acceptors (Lipinski definition) is 10. The molecule has 3 aliphatic rings. The van der Waals surface area contributed by atoms with Gasteiger partial charge in [0, 0.05) is 4.75 Å². The second-order valence-electron chi connectivity index (χ2n) is 9.57. The predicted octanol–water partition coefficient (Wildman–Crippen LogP) is 3.25. The van der Waals surface area contributed by atoms with E-state index in [0.29, 0.717) is 12.3 Å². The van der Waals surface area contributed by atoms with E-state index in [2.05, 4.69) is 35.4 Å². The van der Waals surface area contributed by atoms with Gasteiger partial charge in [-0.3, -0.25) is 14.3 Å². The van der Waals surface area contributed by atoms with Gasteiger partial charge in [-0.25, -0.2) is 4.98 Å². The van der Waals surface area contributed by atoms with Gasteiger partial charge in [0.1, 0.15) is 12.2 Å². The molecule has 0 radical (unpaired) electrons. The molecule has 13 heteroatoms. The number of rotatable bonds is 5. The first-order chi connectivity index (χ1) is 16.0. The minimum absolute atomic E-state index is 0.00869. The highest BCUT2D eigenvalue weighted by atomic mass is 32.9. The van der Waals surface area contributed by atoms with Gasteiger partial charge in [-0.05, 0) is 57.3 Å². The summed E-state index contributed by atoms with van der Waals surface area (Å²) in [7, 11) is 0. The standard InChI is InChI=1S/C21H30N5O5PS2/c1-5-12-16(31-32(33)30-13-8-11(10(2)3)6-7-21(13,4)34-32)15(27)19(29-12)26-9-23-14-17(26)24-20(22)25-18(14)28/h9,11-13,15-16,19,27H,2,5-8H2,1,3-4H3,(H3,22,24,25,28)/t11-,12-,13+,15-,16-,19-,21+,32-/m1/s1.